The molecule has 0 spiro atoms. The molecule has 0 fully saturated rings. The van der Waals surface area contributed by atoms with Gasteiger partial charge in [-0.15, -0.1) is 0 Å². The van der Waals surface area contributed by atoms with Crippen LogP contribution in [0.25, 0.3) is 11.1 Å². The van der Waals surface area contributed by atoms with E-state index in [2.05, 4.69) is 10.4 Å². The number of nitrogens with one attached hydrogen (secondary N) is 1. The van der Waals surface area contributed by atoms with E-state index in [0.717, 1.165) is 18.5 Å². The Labute approximate surface area is 418 Å². The zero-order valence-corrected chi connectivity index (χ0v) is 41.9. The molecule has 0 bridgehead atoms. The number of anilines is 1. The molecule has 8 atom stereocenters. The topological polar surface area (TPSA) is 313 Å². The molecule has 0 saturated heterocycles. The van der Waals surface area contributed by atoms with Crippen molar-refractivity contribution in [2.75, 3.05) is 25.6 Å². The number of hydrogen-bond donors (Lipinski definition) is 1. The van der Waals surface area contributed by atoms with Crippen molar-refractivity contribution in [2.45, 2.75) is 125 Å². The number of hydrogen-bond acceptors (Lipinski definition) is 22. The summed E-state index contributed by atoms with van der Waals surface area (Å²) in [5.74, 6) is -9.16. The van der Waals surface area contributed by atoms with Crippen molar-refractivity contribution in [3.05, 3.63) is 66.5 Å². The fourth-order valence-corrected chi connectivity index (χ4v) is 5.85. The molecule has 3 rings (SSSR count). The molecule has 396 valence electrons. The number of urea groups is 1. The van der Waals surface area contributed by atoms with Gasteiger partial charge in [-0.3, -0.25) is 14.4 Å². The van der Waals surface area contributed by atoms with Gasteiger partial charge in [0.15, 0.2) is 48.8 Å². The van der Waals surface area contributed by atoms with E-state index in [1.165, 1.54) is 79.8 Å². The van der Waals surface area contributed by atoms with Crippen LogP contribution in [-0.4, -0.2) is 149 Å². The van der Waals surface area contributed by atoms with Crippen molar-refractivity contribution in [2.24, 2.45) is 0 Å². The van der Waals surface area contributed by atoms with Gasteiger partial charge in [0.2, 0.25) is 0 Å². The number of carbonyl (C=O) groups is 11. The van der Waals surface area contributed by atoms with Gasteiger partial charge < -0.3 is 57.6 Å². The Balaban J connectivity index is 1.58. The quantitative estimate of drug-likeness (QED) is 0.0994. The van der Waals surface area contributed by atoms with Gasteiger partial charge >= 0.3 is 59.8 Å². The van der Waals surface area contributed by atoms with Crippen LogP contribution < -0.4 is 10.1 Å². The van der Waals surface area contributed by atoms with Crippen LogP contribution >= 0.6 is 0 Å². The molecule has 0 radical (unpaired) electrons. The van der Waals surface area contributed by atoms with Crippen molar-refractivity contribution in [3.8, 4) is 16.9 Å². The van der Waals surface area contributed by atoms with Crippen molar-refractivity contribution in [1.29, 1.82) is 0 Å². The Kier molecular flexibility index (Phi) is 22.5. The van der Waals surface area contributed by atoms with Crippen LogP contribution in [-0.2, 0) is 92.3 Å². The minimum atomic E-state index is -1.54. The smallest absolute Gasteiger partial charge is 0.347 e. The van der Waals surface area contributed by atoms with E-state index < -0.39 is 114 Å². The van der Waals surface area contributed by atoms with Gasteiger partial charge in [-0.2, -0.15) is 5.10 Å². The highest BCUT2D eigenvalue weighted by atomic mass is 16.7. The van der Waals surface area contributed by atoms with Crippen molar-refractivity contribution < 1.29 is 100 Å². The van der Waals surface area contributed by atoms with Crippen molar-refractivity contribution in [3.63, 3.8) is 0 Å². The Morgan fingerprint density at radius 3 is 1.41 bits per heavy atom. The lowest BCUT2D eigenvalue weighted by atomic mass is 10.1. The van der Waals surface area contributed by atoms with E-state index in [9.17, 15) is 52.7 Å². The molecule has 0 aliphatic rings. The number of nitrogens with zero attached hydrogens (tertiary/aromatic N) is 3. The summed E-state index contributed by atoms with van der Waals surface area (Å²) in [5.41, 5.74) is 2.06. The third-order valence-corrected chi connectivity index (χ3v) is 9.79. The zero-order chi connectivity index (χ0) is 54.7. The maximum absolute atomic E-state index is 13.7. The summed E-state index contributed by atoms with van der Waals surface area (Å²) in [6, 6.07) is 12.7. The first-order valence-electron chi connectivity index (χ1n) is 22.4. The molecular formula is C48H58N4O21. The summed E-state index contributed by atoms with van der Waals surface area (Å²) < 4.78 is 51.1. The minimum Gasteiger partial charge on any atom is -0.497 e. The second-order valence-corrected chi connectivity index (χ2v) is 15.9. The highest BCUT2D eigenvalue weighted by molar-refractivity contribution is 5.91. The minimum absolute atomic E-state index is 0.0312. The molecule has 0 unspecified atom stereocenters. The number of rotatable bonds is 24. The zero-order valence-electron chi connectivity index (χ0n) is 41.9. The first kappa shape index (κ1) is 58.9. The van der Waals surface area contributed by atoms with E-state index in [0.29, 0.717) is 28.1 Å². The molecule has 2 aromatic carbocycles. The predicted octanol–water partition coefficient (Wildman–Crippen LogP) is 3.27. The lowest BCUT2D eigenvalue weighted by molar-refractivity contribution is -0.184. The maximum Gasteiger partial charge on any atom is 0.347 e. The first-order chi connectivity index (χ1) is 34.3. The predicted molar refractivity (Wildman–Crippen MR) is 247 cm³/mol. The van der Waals surface area contributed by atoms with E-state index >= 15 is 0 Å². The molecule has 0 saturated carbocycles. The fourth-order valence-electron chi connectivity index (χ4n) is 5.85. The van der Waals surface area contributed by atoms with E-state index in [1.807, 2.05) is 0 Å². The molecular weight excluding hydrogens is 969 g/mol. The van der Waals surface area contributed by atoms with E-state index in [-0.39, 0.29) is 19.7 Å². The van der Waals surface area contributed by atoms with Gasteiger partial charge in [-0.1, -0.05) is 24.3 Å². The molecule has 1 heterocycles. The normalized spacial score (nSPS) is 14.0. The number of aromatic nitrogens is 2. The summed E-state index contributed by atoms with van der Waals surface area (Å²) in [5, 5.41) is 6.86. The standard InChI is InChI=1S/C48H58N4O21/c1-25(68-44(59)29(5)72-46(61)31(7)70-42(57)27(3)66-33(9)53)40(55)52-24-37(22-49-52)36-15-17-38(18-16-36)50-48(63)51(23-35-13-12-14-39(21-35)64-11)19-20-65-41(56)26(2)69-45(60)30(6)73-47(62)32(8)71-43(58)28(4)67-34(10)54/h12-18,21-22,24-32H,19-20,23H2,1-11H3,(H,50,63)/t25-,26-,27-,28-,29-,30-,31-,32-/m0/s1. The van der Waals surface area contributed by atoms with Crippen LogP contribution in [0.3, 0.4) is 0 Å². The summed E-state index contributed by atoms with van der Waals surface area (Å²) in [7, 11) is 1.48. The number of benzene rings is 2. The second-order valence-electron chi connectivity index (χ2n) is 15.9. The highest BCUT2D eigenvalue weighted by Gasteiger charge is 2.32. The van der Waals surface area contributed by atoms with Crippen LogP contribution in [0.15, 0.2) is 60.9 Å². The van der Waals surface area contributed by atoms with E-state index in [4.69, 9.17) is 47.4 Å². The highest BCUT2D eigenvalue weighted by Crippen LogP contribution is 2.22. The summed E-state index contributed by atoms with van der Waals surface area (Å²) in [4.78, 5) is 138. The number of ether oxygens (including phenoxy) is 10. The molecule has 73 heavy (non-hydrogen) atoms. The molecule has 25 nitrogen and oxygen atoms in total. The Morgan fingerprint density at radius 1 is 0.548 bits per heavy atom. The SMILES string of the molecule is COc1cccc(CN(CCOC(=O)[C@H](C)OC(=O)[C@H](C)OC(=O)[C@H](C)OC(=O)[C@H](C)OC(C)=O)C(=O)Nc2ccc(-c3cnn(C(=O)[C@H](C)OC(=O)[C@H](C)OC(=O)[C@H](C)OC(=O)[C@H](C)OC(C)=O)c3)cc2)c1. The van der Waals surface area contributed by atoms with Gasteiger partial charge in [0.25, 0.3) is 5.91 Å². The van der Waals surface area contributed by atoms with Crippen LogP contribution in [0, 0.1) is 0 Å². The maximum atomic E-state index is 13.7. The third kappa shape index (κ3) is 19.0. The van der Waals surface area contributed by atoms with E-state index in [1.54, 1.807) is 48.5 Å². The largest absolute Gasteiger partial charge is 0.497 e. The van der Waals surface area contributed by atoms with Gasteiger partial charge in [0.1, 0.15) is 12.4 Å². The Morgan fingerprint density at radius 2 is 0.973 bits per heavy atom. The summed E-state index contributed by atoms with van der Waals surface area (Å²) >= 11 is 0. The van der Waals surface area contributed by atoms with Crippen LogP contribution in [0.4, 0.5) is 10.5 Å². The van der Waals surface area contributed by atoms with Crippen molar-refractivity contribution in [1.82, 2.24) is 14.7 Å². The molecule has 1 N–H and O–H groups in total. The van der Waals surface area contributed by atoms with Crippen molar-refractivity contribution >= 4 is 71.3 Å². The average molecular weight is 1030 g/mol. The number of carbonyl (C=O) groups excluding carboxylic acids is 11. The number of methoxy groups -OCH3 is 1. The Bertz CT molecular complexity index is 2490. The number of esters is 9. The first-order valence-corrected chi connectivity index (χ1v) is 22.4. The molecule has 3 aromatic rings. The Hall–Kier alpha value is -8.38. The third-order valence-electron chi connectivity index (χ3n) is 9.79. The van der Waals surface area contributed by atoms with Crippen LogP contribution in [0.5, 0.6) is 5.75 Å². The average Bonchev–Trinajstić information content (AvgIpc) is 3.83. The number of amides is 2. The molecule has 0 aliphatic carbocycles. The lowest BCUT2D eigenvalue weighted by Gasteiger charge is -2.24. The summed E-state index contributed by atoms with van der Waals surface area (Å²) in [6.07, 6.45) is -8.70. The fraction of sp³-hybridized carbons (Fsp3) is 0.458. The van der Waals surface area contributed by atoms with Gasteiger partial charge in [-0.25, -0.2) is 43.0 Å². The molecule has 25 heteroatoms. The monoisotopic (exact) mass is 1030 g/mol. The van der Waals surface area contributed by atoms with Gasteiger partial charge in [0.05, 0.1) is 19.9 Å². The second kappa shape index (κ2) is 27.9. The van der Waals surface area contributed by atoms with Gasteiger partial charge in [-0.05, 0) is 90.8 Å². The molecule has 2 amide bonds. The lowest BCUT2D eigenvalue weighted by Crippen LogP contribution is -2.39. The molecule has 0 aliphatic heterocycles. The summed E-state index contributed by atoms with van der Waals surface area (Å²) in [6.45, 7) is 11.4. The van der Waals surface area contributed by atoms with Crippen LogP contribution in [0.2, 0.25) is 0 Å². The van der Waals surface area contributed by atoms with Gasteiger partial charge in [0, 0.05) is 37.8 Å². The van der Waals surface area contributed by atoms with Crippen LogP contribution in [0.1, 0.15) is 79.6 Å². The molecule has 1 aromatic heterocycles.